The Morgan fingerprint density at radius 3 is 3.00 bits per heavy atom. The molecule has 1 saturated heterocycles. The number of rotatable bonds is 5. The second-order valence-corrected chi connectivity index (χ2v) is 6.81. The molecule has 1 aromatic carbocycles. The van der Waals surface area contributed by atoms with Crippen LogP contribution in [0.3, 0.4) is 0 Å². The minimum absolute atomic E-state index is 0.0161. The molecular formula is C17H19ClN6O2. The van der Waals surface area contributed by atoms with Crippen LogP contribution in [0.2, 0.25) is 5.02 Å². The first-order valence-corrected chi connectivity index (χ1v) is 9.00. The minimum Gasteiger partial charge on any atom is -0.423 e. The van der Waals surface area contributed by atoms with E-state index in [1.165, 1.54) is 0 Å². The lowest BCUT2D eigenvalue weighted by Gasteiger charge is -2.30. The molecule has 8 nitrogen and oxygen atoms in total. The molecular weight excluding hydrogens is 356 g/mol. The number of amides is 1. The van der Waals surface area contributed by atoms with Crippen molar-refractivity contribution in [2.45, 2.75) is 19.3 Å². The number of fused-ring (bicyclic) bond motifs is 1. The SMILES string of the molecule is O=C(NCCc1cn[nH]n1)C1CCN(c2nc3ccc(Cl)cc3o2)CC1. The van der Waals surface area contributed by atoms with Gasteiger partial charge < -0.3 is 14.6 Å². The van der Waals surface area contributed by atoms with Gasteiger partial charge >= 0.3 is 0 Å². The van der Waals surface area contributed by atoms with Crippen LogP contribution >= 0.6 is 11.6 Å². The molecule has 0 spiro atoms. The van der Waals surface area contributed by atoms with Gasteiger partial charge in [-0.05, 0) is 25.0 Å². The molecule has 3 aromatic rings. The van der Waals surface area contributed by atoms with Crippen molar-refractivity contribution in [2.75, 3.05) is 24.5 Å². The third kappa shape index (κ3) is 3.65. The highest BCUT2D eigenvalue weighted by Crippen LogP contribution is 2.27. The van der Waals surface area contributed by atoms with Gasteiger partial charge in [-0.2, -0.15) is 20.4 Å². The maximum Gasteiger partial charge on any atom is 0.298 e. The monoisotopic (exact) mass is 374 g/mol. The van der Waals surface area contributed by atoms with Crippen molar-refractivity contribution >= 4 is 34.6 Å². The van der Waals surface area contributed by atoms with Gasteiger partial charge in [0.1, 0.15) is 5.52 Å². The largest absolute Gasteiger partial charge is 0.423 e. The average molecular weight is 375 g/mol. The van der Waals surface area contributed by atoms with Gasteiger partial charge in [-0.3, -0.25) is 4.79 Å². The van der Waals surface area contributed by atoms with Crippen molar-refractivity contribution in [3.8, 4) is 0 Å². The average Bonchev–Trinajstić information content (AvgIpc) is 3.31. The van der Waals surface area contributed by atoms with Crippen molar-refractivity contribution in [3.63, 3.8) is 0 Å². The molecule has 4 rings (SSSR count). The number of benzene rings is 1. The number of anilines is 1. The van der Waals surface area contributed by atoms with Crippen molar-refractivity contribution < 1.29 is 9.21 Å². The first kappa shape index (κ1) is 16.8. The number of nitrogens with zero attached hydrogens (tertiary/aromatic N) is 4. The van der Waals surface area contributed by atoms with Gasteiger partial charge in [0.25, 0.3) is 6.01 Å². The predicted molar refractivity (Wildman–Crippen MR) is 97.1 cm³/mol. The first-order chi connectivity index (χ1) is 12.7. The third-order valence-electron chi connectivity index (χ3n) is 4.62. The number of aromatic nitrogens is 4. The lowest BCUT2D eigenvalue weighted by molar-refractivity contribution is -0.125. The van der Waals surface area contributed by atoms with E-state index in [2.05, 4.69) is 30.6 Å². The number of nitrogens with one attached hydrogen (secondary N) is 2. The van der Waals surface area contributed by atoms with Gasteiger partial charge in [-0.15, -0.1) is 0 Å². The Morgan fingerprint density at radius 2 is 2.23 bits per heavy atom. The summed E-state index contributed by atoms with van der Waals surface area (Å²) in [6.07, 6.45) is 3.88. The smallest absolute Gasteiger partial charge is 0.298 e. The van der Waals surface area contributed by atoms with E-state index < -0.39 is 0 Å². The van der Waals surface area contributed by atoms with Crippen LogP contribution in [0.1, 0.15) is 18.5 Å². The summed E-state index contributed by atoms with van der Waals surface area (Å²) in [4.78, 5) is 18.9. The molecule has 136 valence electrons. The van der Waals surface area contributed by atoms with E-state index in [1.54, 1.807) is 18.3 Å². The van der Waals surface area contributed by atoms with E-state index in [0.29, 0.717) is 29.6 Å². The molecule has 0 unspecified atom stereocenters. The fraction of sp³-hybridized carbons (Fsp3) is 0.412. The summed E-state index contributed by atoms with van der Waals surface area (Å²) < 4.78 is 5.80. The first-order valence-electron chi connectivity index (χ1n) is 8.62. The lowest BCUT2D eigenvalue weighted by atomic mass is 9.96. The van der Waals surface area contributed by atoms with E-state index >= 15 is 0 Å². The highest BCUT2D eigenvalue weighted by Gasteiger charge is 2.27. The van der Waals surface area contributed by atoms with Gasteiger partial charge in [0.15, 0.2) is 5.58 Å². The number of aromatic amines is 1. The van der Waals surface area contributed by atoms with Crippen LogP contribution in [0.25, 0.3) is 11.1 Å². The number of oxazole rings is 1. The summed E-state index contributed by atoms with van der Waals surface area (Å²) in [7, 11) is 0. The number of H-pyrrole nitrogens is 1. The minimum atomic E-state index is 0.0161. The number of carbonyl (C=O) groups excluding carboxylic acids is 1. The topological polar surface area (TPSA) is 99.9 Å². The summed E-state index contributed by atoms with van der Waals surface area (Å²) in [5.41, 5.74) is 2.31. The van der Waals surface area contributed by atoms with Crippen LogP contribution in [0.4, 0.5) is 6.01 Å². The predicted octanol–water partition coefficient (Wildman–Crippen LogP) is 2.17. The molecule has 1 aliphatic heterocycles. The molecule has 0 radical (unpaired) electrons. The second-order valence-electron chi connectivity index (χ2n) is 6.37. The Balaban J connectivity index is 1.29. The molecule has 2 N–H and O–H groups in total. The van der Waals surface area contributed by atoms with E-state index in [9.17, 15) is 4.79 Å². The summed E-state index contributed by atoms with van der Waals surface area (Å²) >= 11 is 5.99. The Labute approximate surface area is 154 Å². The van der Waals surface area contributed by atoms with Crippen molar-refractivity contribution in [2.24, 2.45) is 5.92 Å². The van der Waals surface area contributed by atoms with E-state index in [0.717, 1.165) is 37.1 Å². The van der Waals surface area contributed by atoms with Crippen LogP contribution < -0.4 is 10.2 Å². The van der Waals surface area contributed by atoms with Gasteiger partial charge in [0.2, 0.25) is 5.91 Å². The maximum atomic E-state index is 12.3. The van der Waals surface area contributed by atoms with Gasteiger partial charge in [0.05, 0.1) is 11.9 Å². The molecule has 0 saturated carbocycles. The Bertz CT molecular complexity index is 886. The molecule has 0 atom stereocenters. The molecule has 3 heterocycles. The van der Waals surface area contributed by atoms with Crippen LogP contribution in [-0.4, -0.2) is 45.9 Å². The standard InChI is InChI=1S/C17H19ClN6O2/c18-12-1-2-14-15(9-12)26-17(21-14)24-7-4-11(5-8-24)16(25)19-6-3-13-10-20-23-22-13/h1-2,9-11H,3-8H2,(H,19,25)(H,20,22,23). The summed E-state index contributed by atoms with van der Waals surface area (Å²) in [5, 5.41) is 13.9. The lowest BCUT2D eigenvalue weighted by Crippen LogP contribution is -2.41. The molecule has 2 aromatic heterocycles. The molecule has 1 fully saturated rings. The zero-order chi connectivity index (χ0) is 17.9. The molecule has 1 aliphatic rings. The van der Waals surface area contributed by atoms with E-state index in [-0.39, 0.29) is 11.8 Å². The highest BCUT2D eigenvalue weighted by atomic mass is 35.5. The summed E-state index contributed by atoms with van der Waals surface area (Å²) in [5.74, 6) is 0.111. The number of halogens is 1. The molecule has 1 amide bonds. The maximum absolute atomic E-state index is 12.3. The zero-order valence-corrected chi connectivity index (χ0v) is 14.9. The quantitative estimate of drug-likeness (QED) is 0.710. The summed E-state index contributed by atoms with van der Waals surface area (Å²) in [6, 6.07) is 6.00. The highest BCUT2D eigenvalue weighted by molar-refractivity contribution is 6.31. The number of piperidine rings is 1. The molecule has 26 heavy (non-hydrogen) atoms. The normalized spacial score (nSPS) is 15.5. The third-order valence-corrected chi connectivity index (χ3v) is 4.86. The van der Waals surface area contributed by atoms with E-state index in [1.807, 2.05) is 6.07 Å². The summed E-state index contributed by atoms with van der Waals surface area (Å²) in [6.45, 7) is 2.04. The Morgan fingerprint density at radius 1 is 1.38 bits per heavy atom. The molecule has 0 aliphatic carbocycles. The Hall–Kier alpha value is -2.61. The van der Waals surface area contributed by atoms with Crippen LogP contribution in [0.5, 0.6) is 0 Å². The Kier molecular flexibility index (Phi) is 4.75. The van der Waals surface area contributed by atoms with Crippen LogP contribution in [0.15, 0.2) is 28.8 Å². The zero-order valence-electron chi connectivity index (χ0n) is 14.1. The van der Waals surface area contributed by atoms with Crippen molar-refractivity contribution in [1.82, 2.24) is 25.7 Å². The fourth-order valence-corrected chi connectivity index (χ4v) is 3.32. The van der Waals surface area contributed by atoms with Gasteiger partial charge in [-0.1, -0.05) is 11.6 Å². The van der Waals surface area contributed by atoms with Crippen molar-refractivity contribution in [3.05, 3.63) is 35.1 Å². The van der Waals surface area contributed by atoms with Crippen LogP contribution in [0, 0.1) is 5.92 Å². The molecule has 9 heteroatoms. The number of hydrogen-bond acceptors (Lipinski definition) is 6. The number of hydrogen-bond donors (Lipinski definition) is 2. The van der Waals surface area contributed by atoms with Gasteiger partial charge in [-0.25, -0.2) is 0 Å². The van der Waals surface area contributed by atoms with Gasteiger partial charge in [0, 0.05) is 43.1 Å². The number of carbonyl (C=O) groups is 1. The van der Waals surface area contributed by atoms with E-state index in [4.69, 9.17) is 16.0 Å². The van der Waals surface area contributed by atoms with Crippen LogP contribution in [-0.2, 0) is 11.2 Å². The molecule has 0 bridgehead atoms. The van der Waals surface area contributed by atoms with Crippen molar-refractivity contribution in [1.29, 1.82) is 0 Å². The second kappa shape index (κ2) is 7.33. The fourth-order valence-electron chi connectivity index (χ4n) is 3.16.